The minimum absolute atomic E-state index is 0.118. The third kappa shape index (κ3) is 2.06. The van der Waals surface area contributed by atoms with Crippen LogP contribution in [0.2, 0.25) is 0 Å². The van der Waals surface area contributed by atoms with E-state index in [0.29, 0.717) is 6.54 Å². The van der Waals surface area contributed by atoms with Crippen molar-refractivity contribution in [3.8, 4) is 0 Å². The second-order valence-corrected chi connectivity index (χ2v) is 3.07. The Morgan fingerprint density at radius 1 is 1.33 bits per heavy atom. The monoisotopic (exact) mass is 165 g/mol. The number of hydrogen-bond donors (Lipinski definition) is 2. The van der Waals surface area contributed by atoms with Gasteiger partial charge in [0, 0.05) is 0 Å². The molecule has 1 aromatic carbocycles. The summed E-state index contributed by atoms with van der Waals surface area (Å²) in [5.74, 6) is 0.118. The molecular weight excluding hydrogens is 150 g/mol. The van der Waals surface area contributed by atoms with Gasteiger partial charge in [0.25, 0.3) is 0 Å². The summed E-state index contributed by atoms with van der Waals surface area (Å²) in [6, 6.07) is 9.60. The van der Waals surface area contributed by atoms with Crippen LogP contribution >= 0.6 is 0 Å². The predicted molar refractivity (Wildman–Crippen MR) is 49.6 cm³/mol. The van der Waals surface area contributed by atoms with Gasteiger partial charge in [0.05, 0.1) is 6.10 Å². The molecule has 0 saturated carbocycles. The van der Waals surface area contributed by atoms with E-state index in [4.69, 9.17) is 5.73 Å². The molecule has 1 aromatic rings. The molecule has 0 unspecified atom stereocenters. The maximum Gasteiger partial charge on any atom is 0.0827 e. The fourth-order valence-electron chi connectivity index (χ4n) is 1.11. The van der Waals surface area contributed by atoms with Crippen LogP contribution in [0.15, 0.2) is 30.3 Å². The van der Waals surface area contributed by atoms with Crippen LogP contribution in [-0.2, 0) is 0 Å². The Morgan fingerprint density at radius 2 is 1.92 bits per heavy atom. The summed E-state index contributed by atoms with van der Waals surface area (Å²) in [6.45, 7) is 2.45. The summed E-state index contributed by atoms with van der Waals surface area (Å²) in [7, 11) is 0. The summed E-state index contributed by atoms with van der Waals surface area (Å²) >= 11 is 0. The van der Waals surface area contributed by atoms with Crippen LogP contribution in [-0.4, -0.2) is 11.7 Å². The molecule has 0 aliphatic heterocycles. The van der Waals surface area contributed by atoms with Crippen LogP contribution in [0.5, 0.6) is 0 Å². The number of rotatable bonds is 3. The van der Waals surface area contributed by atoms with Crippen molar-refractivity contribution in [3.63, 3.8) is 0 Å². The first-order valence-electron chi connectivity index (χ1n) is 4.18. The lowest BCUT2D eigenvalue weighted by molar-refractivity contribution is 0.122. The lowest BCUT2D eigenvalue weighted by Gasteiger charge is -2.16. The van der Waals surface area contributed by atoms with Crippen LogP contribution < -0.4 is 5.73 Å². The van der Waals surface area contributed by atoms with E-state index in [1.54, 1.807) is 0 Å². The number of aliphatic hydroxyl groups is 1. The molecule has 0 heterocycles. The van der Waals surface area contributed by atoms with E-state index in [2.05, 4.69) is 0 Å². The topological polar surface area (TPSA) is 46.2 Å². The highest BCUT2D eigenvalue weighted by molar-refractivity contribution is 5.17. The first-order valence-corrected chi connectivity index (χ1v) is 4.18. The van der Waals surface area contributed by atoms with Gasteiger partial charge in [0.1, 0.15) is 0 Å². The standard InChI is InChI=1S/C10H15NO/c1-8(7-11)10(12)9-5-3-2-4-6-9/h2-6,8,10,12H,7,11H2,1H3/t8-,10+/m1/s1. The van der Waals surface area contributed by atoms with Crippen molar-refractivity contribution in [1.29, 1.82) is 0 Å². The van der Waals surface area contributed by atoms with Crippen molar-refractivity contribution in [1.82, 2.24) is 0 Å². The zero-order chi connectivity index (χ0) is 8.97. The number of benzene rings is 1. The molecule has 1 rings (SSSR count). The Labute approximate surface area is 73.0 Å². The molecule has 12 heavy (non-hydrogen) atoms. The molecular formula is C10H15NO. The number of nitrogens with two attached hydrogens (primary N) is 1. The smallest absolute Gasteiger partial charge is 0.0827 e. The van der Waals surface area contributed by atoms with Gasteiger partial charge < -0.3 is 10.8 Å². The second kappa shape index (κ2) is 4.24. The Hall–Kier alpha value is -0.860. The van der Waals surface area contributed by atoms with E-state index >= 15 is 0 Å². The molecule has 0 fully saturated rings. The maximum atomic E-state index is 9.71. The van der Waals surface area contributed by atoms with Crippen molar-refractivity contribution in [2.75, 3.05) is 6.54 Å². The summed E-state index contributed by atoms with van der Waals surface area (Å²) in [6.07, 6.45) is -0.434. The molecule has 0 bridgehead atoms. The largest absolute Gasteiger partial charge is 0.388 e. The lowest BCUT2D eigenvalue weighted by Crippen LogP contribution is -2.18. The summed E-state index contributed by atoms with van der Waals surface area (Å²) in [5, 5.41) is 9.71. The number of hydrogen-bond acceptors (Lipinski definition) is 2. The van der Waals surface area contributed by atoms with E-state index < -0.39 is 6.10 Å². The fourth-order valence-corrected chi connectivity index (χ4v) is 1.11. The van der Waals surface area contributed by atoms with Gasteiger partial charge in [-0.2, -0.15) is 0 Å². The quantitative estimate of drug-likeness (QED) is 0.709. The molecule has 0 saturated heterocycles. The predicted octanol–water partition coefficient (Wildman–Crippen LogP) is 1.31. The molecule has 0 aliphatic carbocycles. The highest BCUT2D eigenvalue weighted by Crippen LogP contribution is 2.19. The van der Waals surface area contributed by atoms with E-state index in [0.717, 1.165) is 5.56 Å². The third-order valence-corrected chi connectivity index (χ3v) is 2.05. The van der Waals surface area contributed by atoms with Crippen molar-refractivity contribution < 1.29 is 5.11 Å². The minimum Gasteiger partial charge on any atom is -0.388 e. The Morgan fingerprint density at radius 3 is 2.42 bits per heavy atom. The van der Waals surface area contributed by atoms with E-state index in [1.807, 2.05) is 37.3 Å². The van der Waals surface area contributed by atoms with Gasteiger partial charge in [-0.1, -0.05) is 37.3 Å². The first-order chi connectivity index (χ1) is 5.75. The van der Waals surface area contributed by atoms with Gasteiger partial charge in [-0.25, -0.2) is 0 Å². The van der Waals surface area contributed by atoms with E-state index in [1.165, 1.54) is 0 Å². The van der Waals surface area contributed by atoms with Crippen LogP contribution in [0.1, 0.15) is 18.6 Å². The third-order valence-electron chi connectivity index (χ3n) is 2.05. The van der Waals surface area contributed by atoms with Crippen molar-refractivity contribution in [2.24, 2.45) is 11.7 Å². The molecule has 0 amide bonds. The normalized spacial score (nSPS) is 15.6. The van der Waals surface area contributed by atoms with Gasteiger partial charge in [-0.3, -0.25) is 0 Å². The molecule has 0 spiro atoms. The van der Waals surface area contributed by atoms with Crippen molar-refractivity contribution in [2.45, 2.75) is 13.0 Å². The summed E-state index contributed by atoms with van der Waals surface area (Å²) in [5.41, 5.74) is 6.39. The molecule has 2 atom stereocenters. The molecule has 0 aliphatic rings. The van der Waals surface area contributed by atoms with Gasteiger partial charge >= 0.3 is 0 Å². The molecule has 0 radical (unpaired) electrons. The van der Waals surface area contributed by atoms with E-state index in [-0.39, 0.29) is 5.92 Å². The highest BCUT2D eigenvalue weighted by Gasteiger charge is 2.13. The van der Waals surface area contributed by atoms with Crippen molar-refractivity contribution in [3.05, 3.63) is 35.9 Å². The van der Waals surface area contributed by atoms with Crippen LogP contribution in [0.3, 0.4) is 0 Å². The van der Waals surface area contributed by atoms with Gasteiger partial charge in [0.15, 0.2) is 0 Å². The first kappa shape index (κ1) is 9.23. The minimum atomic E-state index is -0.434. The maximum absolute atomic E-state index is 9.71. The second-order valence-electron chi connectivity index (χ2n) is 3.07. The fraction of sp³-hybridized carbons (Fsp3) is 0.400. The molecule has 66 valence electrons. The summed E-state index contributed by atoms with van der Waals surface area (Å²) in [4.78, 5) is 0. The zero-order valence-corrected chi connectivity index (χ0v) is 7.27. The summed E-state index contributed by atoms with van der Waals surface area (Å²) < 4.78 is 0. The zero-order valence-electron chi connectivity index (χ0n) is 7.27. The van der Waals surface area contributed by atoms with E-state index in [9.17, 15) is 5.11 Å². The Bertz CT molecular complexity index is 223. The van der Waals surface area contributed by atoms with Crippen molar-refractivity contribution >= 4 is 0 Å². The number of aliphatic hydroxyl groups excluding tert-OH is 1. The van der Waals surface area contributed by atoms with Crippen LogP contribution in [0, 0.1) is 5.92 Å². The Kier molecular flexibility index (Phi) is 3.26. The van der Waals surface area contributed by atoms with Crippen LogP contribution in [0.25, 0.3) is 0 Å². The molecule has 2 heteroatoms. The highest BCUT2D eigenvalue weighted by atomic mass is 16.3. The molecule has 0 aromatic heterocycles. The van der Waals surface area contributed by atoms with Gasteiger partial charge in [-0.15, -0.1) is 0 Å². The Balaban J connectivity index is 2.71. The molecule has 2 nitrogen and oxygen atoms in total. The average molecular weight is 165 g/mol. The lowest BCUT2D eigenvalue weighted by atomic mass is 9.98. The van der Waals surface area contributed by atoms with Gasteiger partial charge in [-0.05, 0) is 18.0 Å². The SMILES string of the molecule is C[C@H](CN)[C@H](O)c1ccccc1. The average Bonchev–Trinajstić information content (AvgIpc) is 2.17. The molecule has 3 N–H and O–H groups in total. The van der Waals surface area contributed by atoms with Gasteiger partial charge in [0.2, 0.25) is 0 Å². The van der Waals surface area contributed by atoms with Crippen LogP contribution in [0.4, 0.5) is 0 Å².